The lowest BCUT2D eigenvalue weighted by molar-refractivity contribution is 0.0850. The highest BCUT2D eigenvalue weighted by atomic mass is 16.2. The Bertz CT molecular complexity index is 377. The second kappa shape index (κ2) is 3.87. The van der Waals surface area contributed by atoms with Crippen LogP contribution in [0.1, 0.15) is 22.3 Å². The van der Waals surface area contributed by atoms with Crippen LogP contribution in [-0.2, 0) is 0 Å². The first kappa shape index (κ1) is 9.93. The molecule has 0 fully saturated rings. The normalized spacial score (nSPS) is 14.6. The molecule has 78 valence electrons. The summed E-state index contributed by atoms with van der Waals surface area (Å²) in [6, 6.07) is 7.56. The number of amides is 1. The van der Waals surface area contributed by atoms with Crippen molar-refractivity contribution in [1.82, 2.24) is 4.90 Å². The number of hydrogen-bond acceptors (Lipinski definition) is 2. The van der Waals surface area contributed by atoms with Gasteiger partial charge in [-0.1, -0.05) is 24.8 Å². The number of carbonyl (C=O) groups excluding carboxylic acids is 1. The molecule has 1 heterocycles. The van der Waals surface area contributed by atoms with Gasteiger partial charge in [0.05, 0.1) is 0 Å². The number of nitrogens with two attached hydrogens (primary N) is 1. The van der Waals surface area contributed by atoms with E-state index < -0.39 is 0 Å². The molecule has 0 saturated heterocycles. The van der Waals surface area contributed by atoms with E-state index in [1.54, 1.807) is 4.90 Å². The predicted octanol–water partition coefficient (Wildman–Crippen LogP) is 1.46. The van der Waals surface area contributed by atoms with E-state index in [0.29, 0.717) is 13.1 Å². The highest BCUT2D eigenvalue weighted by molar-refractivity contribution is 6.08. The highest BCUT2D eigenvalue weighted by Crippen LogP contribution is 2.30. The molecular weight excluding hydrogens is 188 g/mol. The first-order chi connectivity index (χ1) is 7.25. The average Bonchev–Trinajstić information content (AvgIpc) is 2.51. The van der Waals surface area contributed by atoms with Crippen molar-refractivity contribution in [2.45, 2.75) is 6.42 Å². The van der Waals surface area contributed by atoms with Gasteiger partial charge < -0.3 is 10.6 Å². The zero-order valence-corrected chi connectivity index (χ0v) is 8.57. The first-order valence-corrected chi connectivity index (χ1v) is 5.06. The molecule has 1 aromatic rings. The summed E-state index contributed by atoms with van der Waals surface area (Å²) < 4.78 is 0. The van der Waals surface area contributed by atoms with Gasteiger partial charge in [0.2, 0.25) is 0 Å². The van der Waals surface area contributed by atoms with Gasteiger partial charge in [-0.05, 0) is 19.0 Å². The molecule has 0 aromatic heterocycles. The minimum atomic E-state index is 0.0454. The van der Waals surface area contributed by atoms with Crippen molar-refractivity contribution >= 4 is 11.6 Å². The van der Waals surface area contributed by atoms with Gasteiger partial charge in [0.25, 0.3) is 5.91 Å². The molecule has 0 unspecified atom stereocenters. The monoisotopic (exact) mass is 202 g/mol. The number of benzene rings is 1. The van der Waals surface area contributed by atoms with Gasteiger partial charge in [0.15, 0.2) is 0 Å². The SMILES string of the molecule is C=C1c2ccccc2C(=O)N1CCCN. The smallest absolute Gasteiger partial charge is 0.258 e. The number of carbonyl (C=O) groups is 1. The number of hydrogen-bond donors (Lipinski definition) is 1. The van der Waals surface area contributed by atoms with E-state index in [1.165, 1.54) is 0 Å². The van der Waals surface area contributed by atoms with Gasteiger partial charge in [-0.15, -0.1) is 0 Å². The van der Waals surface area contributed by atoms with Crippen LogP contribution in [0.25, 0.3) is 5.70 Å². The minimum Gasteiger partial charge on any atom is -0.330 e. The van der Waals surface area contributed by atoms with Crippen LogP contribution in [0.4, 0.5) is 0 Å². The summed E-state index contributed by atoms with van der Waals surface area (Å²) in [6.07, 6.45) is 0.804. The van der Waals surface area contributed by atoms with E-state index >= 15 is 0 Å². The highest BCUT2D eigenvalue weighted by Gasteiger charge is 2.29. The molecule has 1 amide bonds. The van der Waals surface area contributed by atoms with Crippen molar-refractivity contribution < 1.29 is 4.79 Å². The lowest BCUT2D eigenvalue weighted by Gasteiger charge is -2.16. The molecule has 0 aliphatic carbocycles. The third-order valence-electron chi connectivity index (χ3n) is 2.63. The Morgan fingerprint density at radius 3 is 2.53 bits per heavy atom. The average molecular weight is 202 g/mol. The van der Waals surface area contributed by atoms with E-state index in [-0.39, 0.29) is 5.91 Å². The molecule has 3 heteroatoms. The first-order valence-electron chi connectivity index (χ1n) is 5.06. The molecule has 0 atom stereocenters. The summed E-state index contributed by atoms with van der Waals surface area (Å²) in [6.45, 7) is 5.19. The fraction of sp³-hybridized carbons (Fsp3) is 0.250. The van der Waals surface area contributed by atoms with E-state index in [2.05, 4.69) is 6.58 Å². The van der Waals surface area contributed by atoms with Crippen molar-refractivity contribution in [2.24, 2.45) is 5.73 Å². The van der Waals surface area contributed by atoms with Crippen LogP contribution < -0.4 is 5.73 Å². The summed E-state index contributed by atoms with van der Waals surface area (Å²) in [5, 5.41) is 0. The minimum absolute atomic E-state index is 0.0454. The van der Waals surface area contributed by atoms with Crippen LogP contribution in [0.5, 0.6) is 0 Å². The van der Waals surface area contributed by atoms with Gasteiger partial charge in [-0.25, -0.2) is 0 Å². The van der Waals surface area contributed by atoms with E-state index in [0.717, 1.165) is 23.2 Å². The van der Waals surface area contributed by atoms with Crippen molar-refractivity contribution in [2.75, 3.05) is 13.1 Å². The molecule has 0 spiro atoms. The van der Waals surface area contributed by atoms with Crippen LogP contribution in [0.3, 0.4) is 0 Å². The fourth-order valence-electron chi connectivity index (χ4n) is 1.82. The zero-order chi connectivity index (χ0) is 10.8. The molecule has 1 aliphatic heterocycles. The number of nitrogens with zero attached hydrogens (tertiary/aromatic N) is 1. The molecule has 2 rings (SSSR count). The Hall–Kier alpha value is -1.61. The maximum atomic E-state index is 11.9. The maximum absolute atomic E-state index is 11.9. The Kier molecular flexibility index (Phi) is 2.56. The lowest BCUT2D eigenvalue weighted by atomic mass is 10.1. The van der Waals surface area contributed by atoms with E-state index in [1.807, 2.05) is 24.3 Å². The van der Waals surface area contributed by atoms with Gasteiger partial charge in [-0.3, -0.25) is 4.79 Å². The molecule has 0 bridgehead atoms. The van der Waals surface area contributed by atoms with Gasteiger partial charge in [0.1, 0.15) is 0 Å². The Balaban J connectivity index is 2.29. The summed E-state index contributed by atoms with van der Waals surface area (Å²) in [4.78, 5) is 13.6. The summed E-state index contributed by atoms with van der Waals surface area (Å²) in [5.74, 6) is 0.0454. The van der Waals surface area contributed by atoms with Crippen LogP contribution in [0, 0.1) is 0 Å². The number of rotatable bonds is 3. The maximum Gasteiger partial charge on any atom is 0.258 e. The van der Waals surface area contributed by atoms with Crippen molar-refractivity contribution in [1.29, 1.82) is 0 Å². The van der Waals surface area contributed by atoms with Crippen LogP contribution in [0.15, 0.2) is 30.8 Å². The quantitative estimate of drug-likeness (QED) is 0.806. The third-order valence-corrected chi connectivity index (χ3v) is 2.63. The fourth-order valence-corrected chi connectivity index (χ4v) is 1.82. The van der Waals surface area contributed by atoms with Crippen LogP contribution in [0.2, 0.25) is 0 Å². The van der Waals surface area contributed by atoms with E-state index in [4.69, 9.17) is 5.73 Å². The Morgan fingerprint density at radius 2 is 1.93 bits per heavy atom. The van der Waals surface area contributed by atoms with Crippen molar-refractivity contribution in [3.05, 3.63) is 42.0 Å². The topological polar surface area (TPSA) is 46.3 Å². The summed E-state index contributed by atoms with van der Waals surface area (Å²) in [7, 11) is 0. The van der Waals surface area contributed by atoms with Crippen LogP contribution in [-0.4, -0.2) is 23.9 Å². The second-order valence-electron chi connectivity index (χ2n) is 3.59. The van der Waals surface area contributed by atoms with Crippen LogP contribution >= 0.6 is 0 Å². The third kappa shape index (κ3) is 1.55. The molecule has 1 aliphatic rings. The summed E-state index contributed by atoms with van der Waals surface area (Å²) in [5.41, 5.74) is 7.92. The zero-order valence-electron chi connectivity index (χ0n) is 8.57. The molecule has 0 saturated carbocycles. The predicted molar refractivity (Wildman–Crippen MR) is 60.2 cm³/mol. The molecule has 0 radical (unpaired) electrons. The van der Waals surface area contributed by atoms with Crippen molar-refractivity contribution in [3.8, 4) is 0 Å². The van der Waals surface area contributed by atoms with Gasteiger partial charge >= 0.3 is 0 Å². The standard InChI is InChI=1S/C12H14N2O/c1-9-10-5-2-3-6-11(10)12(15)14(9)8-4-7-13/h2-3,5-6H,1,4,7-8,13H2. The molecule has 3 nitrogen and oxygen atoms in total. The second-order valence-corrected chi connectivity index (χ2v) is 3.59. The lowest BCUT2D eigenvalue weighted by Crippen LogP contribution is -2.25. The van der Waals surface area contributed by atoms with Crippen molar-refractivity contribution in [3.63, 3.8) is 0 Å². The van der Waals surface area contributed by atoms with E-state index in [9.17, 15) is 4.79 Å². The van der Waals surface area contributed by atoms with Gasteiger partial charge in [0, 0.05) is 23.4 Å². The Morgan fingerprint density at radius 1 is 1.27 bits per heavy atom. The van der Waals surface area contributed by atoms with Gasteiger partial charge in [-0.2, -0.15) is 0 Å². The molecule has 1 aromatic carbocycles. The number of fused-ring (bicyclic) bond motifs is 1. The molecule has 2 N–H and O–H groups in total. The largest absolute Gasteiger partial charge is 0.330 e. The Labute approximate surface area is 89.2 Å². The molecule has 15 heavy (non-hydrogen) atoms. The summed E-state index contributed by atoms with van der Waals surface area (Å²) >= 11 is 0. The molecular formula is C12H14N2O.